The first-order chi connectivity index (χ1) is 5.66. The summed E-state index contributed by atoms with van der Waals surface area (Å²) in [5.74, 6) is -0.846. The standard InChI is InChI=1S/C8H11NO3/c1-3-5(2)6-4-12-9-7(6)8(10)11/h4-5H,3H2,1-2H3,(H,10,11). The minimum Gasteiger partial charge on any atom is -0.476 e. The van der Waals surface area contributed by atoms with E-state index in [0.717, 1.165) is 6.42 Å². The zero-order valence-electron chi connectivity index (χ0n) is 7.07. The summed E-state index contributed by atoms with van der Waals surface area (Å²) in [6.07, 6.45) is 2.28. The molecule has 1 aromatic heterocycles. The maximum absolute atomic E-state index is 10.6. The van der Waals surface area contributed by atoms with Gasteiger partial charge < -0.3 is 9.63 Å². The van der Waals surface area contributed by atoms with Crippen LogP contribution in [0, 0.1) is 0 Å². The van der Waals surface area contributed by atoms with Gasteiger partial charge in [0.2, 0.25) is 0 Å². The predicted octanol–water partition coefficient (Wildman–Crippen LogP) is 1.89. The highest BCUT2D eigenvalue weighted by Crippen LogP contribution is 2.21. The van der Waals surface area contributed by atoms with Crippen molar-refractivity contribution in [2.75, 3.05) is 0 Å². The van der Waals surface area contributed by atoms with Crippen LogP contribution in [0.4, 0.5) is 0 Å². The van der Waals surface area contributed by atoms with Crippen LogP contribution in [0.5, 0.6) is 0 Å². The van der Waals surface area contributed by atoms with Gasteiger partial charge in [-0.2, -0.15) is 0 Å². The van der Waals surface area contributed by atoms with Gasteiger partial charge in [-0.1, -0.05) is 19.0 Å². The van der Waals surface area contributed by atoms with Crippen molar-refractivity contribution in [1.29, 1.82) is 0 Å². The van der Waals surface area contributed by atoms with E-state index in [0.29, 0.717) is 5.56 Å². The second-order valence-electron chi connectivity index (χ2n) is 2.73. The van der Waals surface area contributed by atoms with Gasteiger partial charge in [0.05, 0.1) is 0 Å². The first kappa shape index (κ1) is 8.77. The second kappa shape index (κ2) is 3.38. The molecule has 0 aliphatic heterocycles. The third kappa shape index (κ3) is 1.47. The van der Waals surface area contributed by atoms with Gasteiger partial charge in [-0.25, -0.2) is 4.79 Å². The van der Waals surface area contributed by atoms with Gasteiger partial charge in [0.1, 0.15) is 6.26 Å². The van der Waals surface area contributed by atoms with Crippen molar-refractivity contribution in [3.05, 3.63) is 17.5 Å². The van der Waals surface area contributed by atoms with Crippen molar-refractivity contribution in [1.82, 2.24) is 5.16 Å². The van der Waals surface area contributed by atoms with E-state index < -0.39 is 5.97 Å². The van der Waals surface area contributed by atoms with Gasteiger partial charge in [-0.15, -0.1) is 0 Å². The van der Waals surface area contributed by atoms with Crippen LogP contribution in [0.25, 0.3) is 0 Å². The molecule has 1 N–H and O–H groups in total. The van der Waals surface area contributed by atoms with E-state index in [9.17, 15) is 4.79 Å². The zero-order chi connectivity index (χ0) is 9.14. The molecular formula is C8H11NO3. The lowest BCUT2D eigenvalue weighted by Gasteiger charge is -2.03. The summed E-state index contributed by atoms with van der Waals surface area (Å²) in [6.45, 7) is 3.93. The Balaban J connectivity index is 2.98. The fraction of sp³-hybridized carbons (Fsp3) is 0.500. The van der Waals surface area contributed by atoms with E-state index in [1.54, 1.807) is 0 Å². The van der Waals surface area contributed by atoms with E-state index >= 15 is 0 Å². The van der Waals surface area contributed by atoms with Gasteiger partial charge in [0.25, 0.3) is 0 Å². The van der Waals surface area contributed by atoms with E-state index in [4.69, 9.17) is 5.11 Å². The number of hydrogen-bond donors (Lipinski definition) is 1. The van der Waals surface area contributed by atoms with Gasteiger partial charge in [0, 0.05) is 5.56 Å². The Kier molecular flexibility index (Phi) is 2.47. The summed E-state index contributed by atoms with van der Waals surface area (Å²) >= 11 is 0. The van der Waals surface area contributed by atoms with Crippen molar-refractivity contribution < 1.29 is 14.4 Å². The number of carboxylic acid groups (broad SMARTS) is 1. The quantitative estimate of drug-likeness (QED) is 0.750. The lowest BCUT2D eigenvalue weighted by atomic mass is 10.00. The Morgan fingerprint density at radius 1 is 1.83 bits per heavy atom. The first-order valence-corrected chi connectivity index (χ1v) is 3.84. The number of rotatable bonds is 3. The minimum absolute atomic E-state index is 0.0318. The van der Waals surface area contributed by atoms with Gasteiger partial charge in [0.15, 0.2) is 5.69 Å². The predicted molar refractivity (Wildman–Crippen MR) is 42.2 cm³/mol. The molecule has 0 aliphatic carbocycles. The second-order valence-corrected chi connectivity index (χ2v) is 2.73. The molecule has 0 aromatic carbocycles. The van der Waals surface area contributed by atoms with E-state index in [-0.39, 0.29) is 11.6 Å². The number of carbonyl (C=O) groups is 1. The number of aromatic carboxylic acids is 1. The van der Waals surface area contributed by atoms with E-state index in [1.807, 2.05) is 13.8 Å². The Labute approximate surface area is 70.2 Å². The van der Waals surface area contributed by atoms with Crippen LogP contribution in [-0.4, -0.2) is 16.2 Å². The third-order valence-electron chi connectivity index (χ3n) is 1.94. The van der Waals surface area contributed by atoms with Gasteiger partial charge in [-0.05, 0) is 12.3 Å². The van der Waals surface area contributed by atoms with Crippen LogP contribution < -0.4 is 0 Å². The molecule has 4 heteroatoms. The van der Waals surface area contributed by atoms with Crippen LogP contribution in [0.1, 0.15) is 42.2 Å². The normalized spacial score (nSPS) is 12.8. The highest BCUT2D eigenvalue weighted by atomic mass is 16.5. The monoisotopic (exact) mass is 169 g/mol. The zero-order valence-corrected chi connectivity index (χ0v) is 7.07. The molecule has 0 fully saturated rings. The largest absolute Gasteiger partial charge is 0.476 e. The fourth-order valence-electron chi connectivity index (χ4n) is 0.976. The van der Waals surface area contributed by atoms with Crippen molar-refractivity contribution in [3.8, 4) is 0 Å². The minimum atomic E-state index is -1.03. The summed E-state index contributed by atoms with van der Waals surface area (Å²) in [4.78, 5) is 10.6. The molecule has 0 saturated carbocycles. The molecule has 1 unspecified atom stereocenters. The van der Waals surface area contributed by atoms with Crippen LogP contribution in [-0.2, 0) is 0 Å². The number of nitrogens with zero attached hydrogens (tertiary/aromatic N) is 1. The van der Waals surface area contributed by atoms with E-state index in [2.05, 4.69) is 9.68 Å². The topological polar surface area (TPSA) is 63.3 Å². The van der Waals surface area contributed by atoms with Crippen LogP contribution in [0.15, 0.2) is 10.8 Å². The lowest BCUT2D eigenvalue weighted by molar-refractivity contribution is 0.0684. The molecule has 1 heterocycles. The average molecular weight is 169 g/mol. The Morgan fingerprint density at radius 3 is 3.00 bits per heavy atom. The third-order valence-corrected chi connectivity index (χ3v) is 1.94. The molecule has 0 radical (unpaired) electrons. The average Bonchev–Trinajstić information content (AvgIpc) is 2.50. The maximum Gasteiger partial charge on any atom is 0.358 e. The van der Waals surface area contributed by atoms with E-state index in [1.165, 1.54) is 6.26 Å². The number of aromatic nitrogens is 1. The molecule has 0 bridgehead atoms. The highest BCUT2D eigenvalue weighted by molar-refractivity contribution is 5.86. The summed E-state index contributed by atoms with van der Waals surface area (Å²) in [7, 11) is 0. The molecule has 1 rings (SSSR count). The van der Waals surface area contributed by atoms with Crippen molar-refractivity contribution in [2.24, 2.45) is 0 Å². The summed E-state index contributed by atoms with van der Waals surface area (Å²) in [5, 5.41) is 12.1. The Bertz CT molecular complexity index is 280. The molecular weight excluding hydrogens is 158 g/mol. The SMILES string of the molecule is CCC(C)c1conc1C(=O)O. The summed E-state index contributed by atoms with van der Waals surface area (Å²) in [5.41, 5.74) is 0.703. The van der Waals surface area contributed by atoms with Crippen molar-refractivity contribution in [3.63, 3.8) is 0 Å². The van der Waals surface area contributed by atoms with Crippen LogP contribution in [0.2, 0.25) is 0 Å². The summed E-state index contributed by atoms with van der Waals surface area (Å²) < 4.78 is 4.60. The highest BCUT2D eigenvalue weighted by Gasteiger charge is 2.18. The molecule has 0 saturated heterocycles. The number of hydrogen-bond acceptors (Lipinski definition) is 3. The smallest absolute Gasteiger partial charge is 0.358 e. The van der Waals surface area contributed by atoms with Crippen LogP contribution in [0.3, 0.4) is 0 Å². The first-order valence-electron chi connectivity index (χ1n) is 3.84. The molecule has 1 aromatic rings. The number of carboxylic acids is 1. The molecule has 0 amide bonds. The van der Waals surface area contributed by atoms with Gasteiger partial charge >= 0.3 is 5.97 Å². The molecule has 0 spiro atoms. The Hall–Kier alpha value is -1.32. The van der Waals surface area contributed by atoms with Gasteiger partial charge in [-0.3, -0.25) is 0 Å². The molecule has 12 heavy (non-hydrogen) atoms. The van der Waals surface area contributed by atoms with Crippen molar-refractivity contribution in [2.45, 2.75) is 26.2 Å². The Morgan fingerprint density at radius 2 is 2.50 bits per heavy atom. The molecule has 4 nitrogen and oxygen atoms in total. The maximum atomic E-state index is 10.6. The fourth-order valence-corrected chi connectivity index (χ4v) is 0.976. The lowest BCUT2D eigenvalue weighted by Crippen LogP contribution is -2.03. The van der Waals surface area contributed by atoms with Crippen molar-refractivity contribution >= 4 is 5.97 Å². The molecule has 1 atom stereocenters. The molecule has 0 aliphatic rings. The molecule has 66 valence electrons. The summed E-state index contributed by atoms with van der Waals surface area (Å²) in [6, 6.07) is 0. The van der Waals surface area contributed by atoms with Crippen LogP contribution >= 0.6 is 0 Å².